The van der Waals surface area contributed by atoms with Crippen LogP contribution in [0.15, 0.2) is 52.2 Å². The number of unbranched alkanes of at least 4 members (excludes halogenated alkanes) is 1. The highest BCUT2D eigenvalue weighted by atomic mass is 16.5. The number of ether oxygens (including phenoxy) is 2. The van der Waals surface area contributed by atoms with Crippen LogP contribution in [0.1, 0.15) is 24.3 Å². The molecule has 0 spiro atoms. The Labute approximate surface area is 201 Å². The summed E-state index contributed by atoms with van der Waals surface area (Å²) < 4.78 is 13.3. The first kappa shape index (κ1) is 21.8. The van der Waals surface area contributed by atoms with Gasteiger partial charge in [0.05, 0.1) is 36.3 Å². The Bertz CT molecular complexity index is 1510. The average Bonchev–Trinajstić information content (AvgIpc) is 3.30. The third kappa shape index (κ3) is 3.76. The molecule has 0 aliphatic carbocycles. The van der Waals surface area contributed by atoms with E-state index < -0.39 is 0 Å². The summed E-state index contributed by atoms with van der Waals surface area (Å²) >= 11 is 0. The summed E-state index contributed by atoms with van der Waals surface area (Å²) in [5, 5.41) is 9.31. The maximum atomic E-state index is 12.7. The van der Waals surface area contributed by atoms with Gasteiger partial charge < -0.3 is 14.4 Å². The summed E-state index contributed by atoms with van der Waals surface area (Å²) in [5.41, 5.74) is 1.71. The van der Waals surface area contributed by atoms with E-state index in [2.05, 4.69) is 20.1 Å². The summed E-state index contributed by atoms with van der Waals surface area (Å²) in [6, 6.07) is 11.3. The number of aromatic amines is 1. The van der Waals surface area contributed by atoms with Crippen molar-refractivity contribution in [3.63, 3.8) is 0 Å². The largest absolute Gasteiger partial charge is 0.496 e. The fourth-order valence-electron chi connectivity index (χ4n) is 5.71. The molecule has 0 unspecified atom stereocenters. The van der Waals surface area contributed by atoms with Crippen LogP contribution in [0.3, 0.4) is 0 Å². The van der Waals surface area contributed by atoms with Crippen LogP contribution in [-0.2, 0) is 6.54 Å². The number of rotatable bonds is 6. The minimum absolute atomic E-state index is 0.377. The standard InChI is InChI=1S/C26H27N5O4/c1-34-21-5-4-6-22-23(21)19-14-30(13-16(19)15-35-22)11-2-3-12-31-24-17-9-10-27-29-20(17)8-7-18(24)25(32)28-26(31)33/h4-10,16,19H,2-3,11-15H2,1H3,(H,28,32,33)/t16-,19-/m1/s1. The first-order chi connectivity index (χ1) is 17.1. The molecule has 9 nitrogen and oxygen atoms in total. The number of H-pyrrole nitrogens is 1. The number of fused-ring (bicyclic) bond motifs is 6. The van der Waals surface area contributed by atoms with E-state index >= 15 is 0 Å². The number of aromatic nitrogens is 4. The second-order valence-electron chi connectivity index (χ2n) is 9.35. The molecule has 4 heterocycles. The molecule has 6 rings (SSSR count). The summed E-state index contributed by atoms with van der Waals surface area (Å²) in [6.07, 6.45) is 3.34. The van der Waals surface area contributed by atoms with Crippen LogP contribution in [-0.4, -0.2) is 58.0 Å². The third-order valence-electron chi connectivity index (χ3n) is 7.34. The molecule has 180 valence electrons. The molecular formula is C26H27N5O4. The number of likely N-dealkylation sites (tertiary alicyclic amines) is 1. The van der Waals surface area contributed by atoms with E-state index in [-0.39, 0.29) is 11.2 Å². The van der Waals surface area contributed by atoms with E-state index in [9.17, 15) is 9.59 Å². The summed E-state index contributed by atoms with van der Waals surface area (Å²) in [4.78, 5) is 30.1. The molecule has 1 fully saturated rings. The van der Waals surface area contributed by atoms with Crippen molar-refractivity contribution in [2.75, 3.05) is 33.4 Å². The van der Waals surface area contributed by atoms with Gasteiger partial charge in [0.25, 0.3) is 5.56 Å². The molecule has 0 saturated carbocycles. The monoisotopic (exact) mass is 473 g/mol. The molecule has 1 saturated heterocycles. The number of nitrogens with one attached hydrogen (secondary N) is 1. The van der Waals surface area contributed by atoms with Gasteiger partial charge in [-0.05, 0) is 49.7 Å². The van der Waals surface area contributed by atoms with Crippen LogP contribution in [0, 0.1) is 5.92 Å². The van der Waals surface area contributed by atoms with Gasteiger partial charge in [-0.3, -0.25) is 14.3 Å². The van der Waals surface area contributed by atoms with E-state index in [1.165, 1.54) is 5.56 Å². The lowest BCUT2D eigenvalue weighted by Gasteiger charge is -2.29. The van der Waals surface area contributed by atoms with Crippen molar-refractivity contribution in [3.05, 3.63) is 69.0 Å². The first-order valence-corrected chi connectivity index (χ1v) is 12.0. The van der Waals surface area contributed by atoms with Gasteiger partial charge in [0, 0.05) is 42.4 Å². The normalized spacial score (nSPS) is 19.5. The SMILES string of the molecule is COc1cccc2c1[C@@H]1CN(CCCCn3c(=O)[nH]c(=O)c4ccc5nnccc5c43)C[C@@H]1CO2. The predicted octanol–water partition coefficient (Wildman–Crippen LogP) is 2.53. The summed E-state index contributed by atoms with van der Waals surface area (Å²) in [6.45, 7) is 4.17. The molecule has 2 aromatic heterocycles. The zero-order valence-electron chi connectivity index (χ0n) is 19.6. The Kier molecular flexibility index (Phi) is 5.49. The number of nitrogens with zero attached hydrogens (tertiary/aromatic N) is 4. The molecule has 1 N–H and O–H groups in total. The Morgan fingerprint density at radius 3 is 2.86 bits per heavy atom. The maximum absolute atomic E-state index is 12.7. The number of benzene rings is 2. The van der Waals surface area contributed by atoms with Gasteiger partial charge in [0.15, 0.2) is 0 Å². The molecule has 2 aromatic carbocycles. The van der Waals surface area contributed by atoms with Crippen molar-refractivity contribution in [1.29, 1.82) is 0 Å². The highest BCUT2D eigenvalue weighted by Crippen LogP contribution is 2.46. The Morgan fingerprint density at radius 1 is 1.09 bits per heavy atom. The van der Waals surface area contributed by atoms with E-state index in [4.69, 9.17) is 9.47 Å². The van der Waals surface area contributed by atoms with E-state index in [0.717, 1.165) is 56.0 Å². The van der Waals surface area contributed by atoms with Crippen LogP contribution >= 0.6 is 0 Å². The fraction of sp³-hybridized carbons (Fsp3) is 0.385. The Morgan fingerprint density at radius 2 is 1.97 bits per heavy atom. The number of methoxy groups -OCH3 is 1. The molecule has 2 aliphatic heterocycles. The molecule has 2 atom stereocenters. The molecule has 9 heteroatoms. The van der Waals surface area contributed by atoms with Crippen molar-refractivity contribution >= 4 is 21.8 Å². The van der Waals surface area contributed by atoms with Crippen LogP contribution in [0.5, 0.6) is 11.5 Å². The lowest BCUT2D eigenvalue weighted by atomic mass is 9.86. The minimum atomic E-state index is -0.389. The van der Waals surface area contributed by atoms with Crippen LogP contribution < -0.4 is 20.7 Å². The van der Waals surface area contributed by atoms with Gasteiger partial charge in [-0.15, -0.1) is 0 Å². The highest BCUT2D eigenvalue weighted by molar-refractivity contribution is 6.03. The number of hydrogen-bond acceptors (Lipinski definition) is 7. The maximum Gasteiger partial charge on any atom is 0.328 e. The van der Waals surface area contributed by atoms with Gasteiger partial charge in [-0.2, -0.15) is 10.2 Å². The second-order valence-corrected chi connectivity index (χ2v) is 9.35. The topological polar surface area (TPSA) is 102 Å². The molecular weight excluding hydrogens is 446 g/mol. The lowest BCUT2D eigenvalue weighted by molar-refractivity contribution is 0.209. The van der Waals surface area contributed by atoms with E-state index in [1.807, 2.05) is 18.2 Å². The van der Waals surface area contributed by atoms with E-state index in [0.29, 0.717) is 34.8 Å². The van der Waals surface area contributed by atoms with Gasteiger partial charge in [0.2, 0.25) is 0 Å². The van der Waals surface area contributed by atoms with Gasteiger partial charge >= 0.3 is 5.69 Å². The Hall–Kier alpha value is -3.72. The zero-order chi connectivity index (χ0) is 23.9. The van der Waals surface area contributed by atoms with Crippen molar-refractivity contribution in [1.82, 2.24) is 24.6 Å². The molecule has 2 aliphatic rings. The zero-order valence-corrected chi connectivity index (χ0v) is 19.6. The van der Waals surface area contributed by atoms with Gasteiger partial charge in [-0.1, -0.05) is 6.07 Å². The van der Waals surface area contributed by atoms with Crippen molar-refractivity contribution in [3.8, 4) is 11.5 Å². The van der Waals surface area contributed by atoms with Crippen molar-refractivity contribution in [2.45, 2.75) is 25.3 Å². The average molecular weight is 474 g/mol. The van der Waals surface area contributed by atoms with Crippen LogP contribution in [0.25, 0.3) is 21.8 Å². The molecule has 0 bridgehead atoms. The first-order valence-electron chi connectivity index (χ1n) is 12.0. The third-order valence-corrected chi connectivity index (χ3v) is 7.34. The smallest absolute Gasteiger partial charge is 0.328 e. The minimum Gasteiger partial charge on any atom is -0.496 e. The molecule has 0 amide bonds. The molecule has 0 radical (unpaired) electrons. The van der Waals surface area contributed by atoms with Crippen LogP contribution in [0.2, 0.25) is 0 Å². The highest BCUT2D eigenvalue weighted by Gasteiger charge is 2.40. The van der Waals surface area contributed by atoms with Gasteiger partial charge in [0.1, 0.15) is 11.5 Å². The summed E-state index contributed by atoms with van der Waals surface area (Å²) in [5.74, 6) is 2.71. The number of hydrogen-bond donors (Lipinski definition) is 1. The van der Waals surface area contributed by atoms with Crippen LogP contribution in [0.4, 0.5) is 0 Å². The lowest BCUT2D eigenvalue weighted by Crippen LogP contribution is -2.31. The number of aryl methyl sites for hydroxylation is 1. The second kappa shape index (κ2) is 8.81. The van der Waals surface area contributed by atoms with Crippen molar-refractivity contribution in [2.24, 2.45) is 5.92 Å². The predicted molar refractivity (Wildman–Crippen MR) is 132 cm³/mol. The van der Waals surface area contributed by atoms with Gasteiger partial charge in [-0.25, -0.2) is 4.79 Å². The van der Waals surface area contributed by atoms with Crippen molar-refractivity contribution < 1.29 is 9.47 Å². The quantitative estimate of drug-likeness (QED) is 0.339. The molecule has 4 aromatic rings. The fourth-order valence-corrected chi connectivity index (χ4v) is 5.71. The Balaban J connectivity index is 1.17. The molecule has 35 heavy (non-hydrogen) atoms. The van der Waals surface area contributed by atoms with E-state index in [1.54, 1.807) is 36.1 Å². The summed E-state index contributed by atoms with van der Waals surface area (Å²) in [7, 11) is 1.71.